The van der Waals surface area contributed by atoms with E-state index in [1.54, 1.807) is 0 Å². The quantitative estimate of drug-likeness (QED) is 0.607. The largest absolute Gasteiger partial charge is 0.469 e. The first kappa shape index (κ1) is 24.9. The Kier molecular flexibility index (Phi) is 6.69. The third kappa shape index (κ3) is 3.93. The number of Topliss-reactive ketones (excluding diaryl/α,β-unsaturated/α-hetero) is 1. The van der Waals surface area contributed by atoms with Crippen molar-refractivity contribution in [1.29, 1.82) is 0 Å². The maximum atomic E-state index is 13.4. The third-order valence-electron chi connectivity index (χ3n) is 9.55. The number of methoxy groups -OCH3 is 1. The number of rotatable bonds is 6. The summed E-state index contributed by atoms with van der Waals surface area (Å²) in [5.74, 6) is -0.539. The maximum absolute atomic E-state index is 13.4. The molecule has 32 heavy (non-hydrogen) atoms. The average Bonchev–Trinajstić information content (AvgIpc) is 2.73. The van der Waals surface area contributed by atoms with Gasteiger partial charge in [0.1, 0.15) is 0 Å². The molecule has 3 aliphatic carbocycles. The van der Waals surface area contributed by atoms with Crippen LogP contribution in [-0.2, 0) is 23.9 Å². The van der Waals surface area contributed by atoms with Crippen LogP contribution < -0.4 is 0 Å². The van der Waals surface area contributed by atoms with Gasteiger partial charge in [0.05, 0.1) is 32.2 Å². The van der Waals surface area contributed by atoms with E-state index in [1.165, 1.54) is 7.11 Å². The van der Waals surface area contributed by atoms with Crippen molar-refractivity contribution in [3.8, 4) is 0 Å². The van der Waals surface area contributed by atoms with Crippen LogP contribution in [0, 0.1) is 28.1 Å². The molecule has 0 saturated heterocycles. The van der Waals surface area contributed by atoms with Crippen molar-refractivity contribution in [2.24, 2.45) is 28.1 Å². The molecule has 3 rings (SSSR count). The molecular formula is C26H40O6. The van der Waals surface area contributed by atoms with Gasteiger partial charge in [-0.1, -0.05) is 41.0 Å². The van der Waals surface area contributed by atoms with Crippen molar-refractivity contribution in [3.05, 3.63) is 11.6 Å². The van der Waals surface area contributed by atoms with Crippen molar-refractivity contribution in [2.45, 2.75) is 91.6 Å². The highest BCUT2D eigenvalue weighted by Gasteiger charge is 2.65. The third-order valence-corrected chi connectivity index (χ3v) is 9.55. The molecule has 6 heteroatoms. The molecule has 6 nitrogen and oxygen atoms in total. The fourth-order valence-corrected chi connectivity index (χ4v) is 6.70. The van der Waals surface area contributed by atoms with E-state index in [-0.39, 0.29) is 53.3 Å². The number of fused-ring (bicyclic) bond motifs is 3. The Morgan fingerprint density at radius 2 is 1.78 bits per heavy atom. The Morgan fingerprint density at radius 1 is 1.12 bits per heavy atom. The summed E-state index contributed by atoms with van der Waals surface area (Å²) in [5.41, 5.74) is -0.886. The SMILES string of the molecule is COC(=O)CCC(=O)OC[C@]1(C)CCC[C@]2(C)[C@H]3CC[C@](O)(C(C)C)C=C3C(=O)C[C@@]12C. The molecule has 0 aromatic carbocycles. The van der Waals surface area contributed by atoms with Crippen LogP contribution in [0.15, 0.2) is 11.6 Å². The molecule has 0 amide bonds. The van der Waals surface area contributed by atoms with E-state index < -0.39 is 17.5 Å². The molecule has 2 saturated carbocycles. The van der Waals surface area contributed by atoms with E-state index in [4.69, 9.17) is 4.74 Å². The summed E-state index contributed by atoms with van der Waals surface area (Å²) >= 11 is 0. The van der Waals surface area contributed by atoms with Crippen LogP contribution in [0.4, 0.5) is 0 Å². The summed E-state index contributed by atoms with van der Waals surface area (Å²) in [7, 11) is 1.30. The van der Waals surface area contributed by atoms with Gasteiger partial charge >= 0.3 is 11.9 Å². The van der Waals surface area contributed by atoms with Crippen LogP contribution >= 0.6 is 0 Å². The minimum absolute atomic E-state index is 0.00103. The number of esters is 2. The predicted molar refractivity (Wildman–Crippen MR) is 121 cm³/mol. The Hall–Kier alpha value is -1.69. The van der Waals surface area contributed by atoms with Crippen LogP contribution in [0.3, 0.4) is 0 Å². The van der Waals surface area contributed by atoms with Crippen molar-refractivity contribution in [1.82, 2.24) is 0 Å². The zero-order chi connectivity index (χ0) is 23.9. The molecule has 2 fully saturated rings. The van der Waals surface area contributed by atoms with Crippen LogP contribution in [0.25, 0.3) is 0 Å². The minimum atomic E-state index is -0.918. The van der Waals surface area contributed by atoms with Gasteiger partial charge in [0.15, 0.2) is 5.78 Å². The Labute approximate surface area is 192 Å². The van der Waals surface area contributed by atoms with Gasteiger partial charge in [-0.15, -0.1) is 0 Å². The molecule has 1 N–H and O–H groups in total. The number of ether oxygens (including phenoxy) is 2. The van der Waals surface area contributed by atoms with Crippen molar-refractivity contribution < 1.29 is 29.0 Å². The molecule has 3 aliphatic rings. The van der Waals surface area contributed by atoms with Gasteiger partial charge in [-0.25, -0.2) is 0 Å². The van der Waals surface area contributed by atoms with Gasteiger partial charge in [-0.3, -0.25) is 14.4 Å². The number of ketones is 1. The lowest BCUT2D eigenvalue weighted by Crippen LogP contribution is -2.62. The molecule has 0 bridgehead atoms. The first-order valence-electron chi connectivity index (χ1n) is 12.0. The van der Waals surface area contributed by atoms with Gasteiger partial charge in [0.25, 0.3) is 0 Å². The summed E-state index contributed by atoms with van der Waals surface area (Å²) in [6.45, 7) is 10.9. The Balaban J connectivity index is 1.85. The monoisotopic (exact) mass is 448 g/mol. The highest BCUT2D eigenvalue weighted by Crippen LogP contribution is 2.69. The van der Waals surface area contributed by atoms with E-state index in [2.05, 4.69) is 25.5 Å². The van der Waals surface area contributed by atoms with Crippen LogP contribution in [0.1, 0.15) is 86.0 Å². The topological polar surface area (TPSA) is 89.9 Å². The lowest BCUT2D eigenvalue weighted by molar-refractivity contribution is -0.184. The smallest absolute Gasteiger partial charge is 0.306 e. The molecular weight excluding hydrogens is 408 g/mol. The zero-order valence-corrected chi connectivity index (χ0v) is 20.6. The molecule has 0 aliphatic heterocycles. The standard InChI is InChI=1S/C26H40O6/c1-17(2)26(30)13-10-19-18(14-26)20(27)15-25(5)23(3,11-7-12-24(19,25)4)16-32-22(29)9-8-21(28)31-6/h14,17,19,30H,7-13,15-16H2,1-6H3/t19-,23-,24+,25-,26+/m0/s1. The summed E-state index contributed by atoms with van der Waals surface area (Å²) in [5, 5.41) is 11.1. The van der Waals surface area contributed by atoms with Crippen molar-refractivity contribution in [2.75, 3.05) is 13.7 Å². The molecule has 5 atom stereocenters. The second kappa shape index (κ2) is 8.58. The second-order valence-corrected chi connectivity index (χ2v) is 11.3. The summed E-state index contributed by atoms with van der Waals surface area (Å²) < 4.78 is 10.3. The molecule has 0 spiro atoms. The number of carbonyl (C=O) groups is 3. The first-order chi connectivity index (χ1) is 14.8. The highest BCUT2D eigenvalue weighted by atomic mass is 16.5. The number of aliphatic hydroxyl groups is 1. The Morgan fingerprint density at radius 3 is 2.41 bits per heavy atom. The summed E-state index contributed by atoms with van der Waals surface area (Å²) in [4.78, 5) is 37.1. The van der Waals surface area contributed by atoms with Crippen LogP contribution in [-0.4, -0.2) is 42.1 Å². The summed E-state index contributed by atoms with van der Waals surface area (Å²) in [6, 6.07) is 0. The van der Waals surface area contributed by atoms with E-state index in [0.717, 1.165) is 31.3 Å². The lowest BCUT2D eigenvalue weighted by Gasteiger charge is -2.66. The molecule has 0 aromatic rings. The number of allylic oxidation sites excluding steroid dienone is 1. The molecule has 0 radical (unpaired) electrons. The molecule has 0 aromatic heterocycles. The fraction of sp³-hybridized carbons (Fsp3) is 0.808. The number of hydrogen-bond donors (Lipinski definition) is 1. The predicted octanol–water partition coefficient (Wildman–Crippen LogP) is 4.38. The Bertz CT molecular complexity index is 815. The number of carbonyl (C=O) groups excluding carboxylic acids is 3. The lowest BCUT2D eigenvalue weighted by atomic mass is 9.38. The van der Waals surface area contributed by atoms with E-state index in [0.29, 0.717) is 12.8 Å². The molecule has 0 heterocycles. The first-order valence-corrected chi connectivity index (χ1v) is 12.0. The molecule has 180 valence electrons. The zero-order valence-electron chi connectivity index (χ0n) is 20.6. The van der Waals surface area contributed by atoms with E-state index >= 15 is 0 Å². The van der Waals surface area contributed by atoms with Gasteiger partial charge < -0.3 is 14.6 Å². The summed E-state index contributed by atoms with van der Waals surface area (Å²) in [6.07, 6.45) is 6.66. The second-order valence-electron chi connectivity index (χ2n) is 11.3. The maximum Gasteiger partial charge on any atom is 0.306 e. The fourth-order valence-electron chi connectivity index (χ4n) is 6.70. The van der Waals surface area contributed by atoms with E-state index in [9.17, 15) is 19.5 Å². The molecule has 0 unspecified atom stereocenters. The normalized spacial score (nSPS) is 39.1. The van der Waals surface area contributed by atoms with Gasteiger partial charge in [0.2, 0.25) is 0 Å². The highest BCUT2D eigenvalue weighted by molar-refractivity contribution is 5.98. The van der Waals surface area contributed by atoms with Crippen LogP contribution in [0.2, 0.25) is 0 Å². The van der Waals surface area contributed by atoms with E-state index in [1.807, 2.05) is 19.9 Å². The minimum Gasteiger partial charge on any atom is -0.469 e. The van der Waals surface area contributed by atoms with Gasteiger partial charge in [-0.2, -0.15) is 0 Å². The van der Waals surface area contributed by atoms with Gasteiger partial charge in [0, 0.05) is 11.8 Å². The van der Waals surface area contributed by atoms with Gasteiger partial charge in [-0.05, 0) is 60.0 Å². The average molecular weight is 449 g/mol. The van der Waals surface area contributed by atoms with Crippen molar-refractivity contribution >= 4 is 17.7 Å². The van der Waals surface area contributed by atoms with Crippen molar-refractivity contribution in [3.63, 3.8) is 0 Å². The number of hydrogen-bond acceptors (Lipinski definition) is 6. The van der Waals surface area contributed by atoms with Crippen LogP contribution in [0.5, 0.6) is 0 Å².